The lowest BCUT2D eigenvalue weighted by Gasteiger charge is -2.01. The molecule has 2 aromatic rings. The number of nitrogens with zero attached hydrogens (tertiary/aromatic N) is 1. The zero-order chi connectivity index (χ0) is 13.2. The molecule has 0 saturated heterocycles. The van der Waals surface area contributed by atoms with Gasteiger partial charge in [-0.2, -0.15) is 0 Å². The van der Waals surface area contributed by atoms with E-state index in [2.05, 4.69) is 9.88 Å². The third-order valence-electron chi connectivity index (χ3n) is 2.26. The van der Waals surface area contributed by atoms with Gasteiger partial charge in [0.1, 0.15) is 0 Å². The summed E-state index contributed by atoms with van der Waals surface area (Å²) in [5.74, 6) is 0.747. The topological polar surface area (TPSA) is 85.3 Å². The number of hydrogen-bond acceptors (Lipinski definition) is 5. The zero-order valence-corrected chi connectivity index (χ0v) is 11.0. The Morgan fingerprint density at radius 2 is 2.11 bits per heavy atom. The highest BCUT2D eigenvalue weighted by Crippen LogP contribution is 2.24. The molecule has 0 bridgehead atoms. The van der Waals surface area contributed by atoms with Crippen LogP contribution in [-0.4, -0.2) is 20.1 Å². The fourth-order valence-corrected chi connectivity index (χ4v) is 2.45. The van der Waals surface area contributed by atoms with E-state index in [0.717, 1.165) is 0 Å². The van der Waals surface area contributed by atoms with Gasteiger partial charge in [0.15, 0.2) is 5.76 Å². The predicted molar refractivity (Wildman–Crippen MR) is 64.4 cm³/mol. The lowest BCUT2D eigenvalue weighted by atomic mass is 10.3. The summed E-state index contributed by atoms with van der Waals surface area (Å²) in [4.78, 5) is 0. The monoisotopic (exact) mass is 270 g/mol. The van der Waals surface area contributed by atoms with Crippen LogP contribution in [0.15, 0.2) is 32.2 Å². The largest absolute Gasteiger partial charge is 0.440 e. The van der Waals surface area contributed by atoms with Crippen LogP contribution >= 0.6 is 0 Å². The molecule has 0 radical (unpaired) electrons. The average Bonchev–Trinajstić information content (AvgIpc) is 2.94. The lowest BCUT2D eigenvalue weighted by Crippen LogP contribution is -2.23. The summed E-state index contributed by atoms with van der Waals surface area (Å²) in [6.07, 6.45) is 0.716. The van der Waals surface area contributed by atoms with Crippen LogP contribution < -0.4 is 4.72 Å². The van der Waals surface area contributed by atoms with E-state index in [-0.39, 0.29) is 5.09 Å². The molecular weight excluding hydrogens is 256 g/mol. The molecule has 2 heterocycles. The number of aryl methyl sites for hydroxylation is 1. The van der Waals surface area contributed by atoms with Crippen molar-refractivity contribution in [3.05, 3.63) is 23.9 Å². The maximum absolute atomic E-state index is 11.8. The van der Waals surface area contributed by atoms with Gasteiger partial charge in [-0.1, -0.05) is 12.1 Å². The van der Waals surface area contributed by atoms with Crippen molar-refractivity contribution in [2.24, 2.45) is 0 Å². The zero-order valence-electron chi connectivity index (χ0n) is 10.1. The summed E-state index contributed by atoms with van der Waals surface area (Å²) in [5.41, 5.74) is 0.704. The first kappa shape index (κ1) is 12.8. The van der Waals surface area contributed by atoms with Gasteiger partial charge in [-0.05, 0) is 25.5 Å². The molecule has 0 saturated carbocycles. The molecule has 2 rings (SSSR count). The minimum absolute atomic E-state index is 0.125. The van der Waals surface area contributed by atoms with Crippen molar-refractivity contribution in [1.82, 2.24) is 9.88 Å². The number of hydrogen-bond donors (Lipinski definition) is 1. The van der Waals surface area contributed by atoms with Gasteiger partial charge in [-0.15, -0.1) is 0 Å². The standard InChI is InChI=1S/C11H14N2O4S/c1-3-6-12-18(14,15)11-5-4-9(16-11)10-7-8(2)13-17-10/h4-5,7,12H,3,6H2,1-2H3. The maximum Gasteiger partial charge on any atom is 0.273 e. The van der Waals surface area contributed by atoms with Crippen molar-refractivity contribution in [3.63, 3.8) is 0 Å². The van der Waals surface area contributed by atoms with Crippen molar-refractivity contribution in [3.8, 4) is 11.5 Å². The average molecular weight is 270 g/mol. The number of nitrogens with one attached hydrogen (secondary N) is 1. The molecule has 0 spiro atoms. The van der Waals surface area contributed by atoms with Crippen molar-refractivity contribution in [2.45, 2.75) is 25.4 Å². The van der Waals surface area contributed by atoms with E-state index in [0.29, 0.717) is 30.2 Å². The lowest BCUT2D eigenvalue weighted by molar-refractivity contribution is 0.397. The van der Waals surface area contributed by atoms with Crippen LogP contribution in [0.3, 0.4) is 0 Å². The summed E-state index contributed by atoms with van der Waals surface area (Å²) in [6.45, 7) is 4.03. The highest BCUT2D eigenvalue weighted by atomic mass is 32.2. The molecule has 0 fully saturated rings. The van der Waals surface area contributed by atoms with Crippen LogP contribution in [0.5, 0.6) is 0 Å². The van der Waals surface area contributed by atoms with Gasteiger partial charge in [0.2, 0.25) is 10.9 Å². The summed E-state index contributed by atoms with van der Waals surface area (Å²) in [5, 5.41) is 3.59. The van der Waals surface area contributed by atoms with E-state index in [4.69, 9.17) is 8.94 Å². The van der Waals surface area contributed by atoms with Gasteiger partial charge in [-0.25, -0.2) is 13.1 Å². The van der Waals surface area contributed by atoms with E-state index in [1.165, 1.54) is 6.07 Å². The Bertz CT molecular complexity index is 627. The van der Waals surface area contributed by atoms with Gasteiger partial charge in [0.25, 0.3) is 10.0 Å². The fraction of sp³-hybridized carbons (Fsp3) is 0.364. The first-order chi connectivity index (χ1) is 8.53. The molecule has 0 aliphatic rings. The Morgan fingerprint density at radius 3 is 2.72 bits per heavy atom. The highest BCUT2D eigenvalue weighted by molar-refractivity contribution is 7.89. The van der Waals surface area contributed by atoms with Gasteiger partial charge < -0.3 is 8.94 Å². The van der Waals surface area contributed by atoms with Crippen molar-refractivity contribution >= 4 is 10.0 Å². The number of rotatable bonds is 5. The molecular formula is C11H14N2O4S. The van der Waals surface area contributed by atoms with Crippen LogP contribution in [-0.2, 0) is 10.0 Å². The van der Waals surface area contributed by atoms with Gasteiger partial charge in [0.05, 0.1) is 5.69 Å². The van der Waals surface area contributed by atoms with E-state index in [1.54, 1.807) is 19.1 Å². The molecule has 0 unspecified atom stereocenters. The van der Waals surface area contributed by atoms with Crippen LogP contribution in [0.25, 0.3) is 11.5 Å². The Morgan fingerprint density at radius 1 is 1.33 bits per heavy atom. The maximum atomic E-state index is 11.8. The third-order valence-corrected chi connectivity index (χ3v) is 3.59. The second-order valence-electron chi connectivity index (χ2n) is 3.85. The second kappa shape index (κ2) is 4.95. The van der Waals surface area contributed by atoms with Crippen molar-refractivity contribution < 1.29 is 17.4 Å². The van der Waals surface area contributed by atoms with Gasteiger partial charge in [0, 0.05) is 12.6 Å². The minimum Gasteiger partial charge on any atom is -0.440 e. The van der Waals surface area contributed by atoms with E-state index < -0.39 is 10.0 Å². The molecule has 18 heavy (non-hydrogen) atoms. The highest BCUT2D eigenvalue weighted by Gasteiger charge is 2.19. The molecule has 0 aliphatic carbocycles. The Kier molecular flexibility index (Phi) is 3.53. The molecule has 98 valence electrons. The summed E-state index contributed by atoms with van der Waals surface area (Å²) >= 11 is 0. The molecule has 0 amide bonds. The first-order valence-electron chi connectivity index (χ1n) is 5.56. The van der Waals surface area contributed by atoms with E-state index >= 15 is 0 Å². The van der Waals surface area contributed by atoms with E-state index in [1.807, 2.05) is 6.92 Å². The SMILES string of the molecule is CCCNS(=O)(=O)c1ccc(-c2cc(C)no2)o1. The van der Waals surface area contributed by atoms with Crippen LogP contribution in [0.1, 0.15) is 19.0 Å². The molecule has 2 aromatic heterocycles. The van der Waals surface area contributed by atoms with Crippen LogP contribution in [0, 0.1) is 6.92 Å². The van der Waals surface area contributed by atoms with Crippen LogP contribution in [0.2, 0.25) is 0 Å². The summed E-state index contributed by atoms with van der Waals surface area (Å²) in [7, 11) is -3.58. The van der Waals surface area contributed by atoms with Crippen molar-refractivity contribution in [1.29, 1.82) is 0 Å². The Labute approximate surface area is 105 Å². The molecule has 0 atom stereocenters. The minimum atomic E-state index is -3.58. The smallest absolute Gasteiger partial charge is 0.273 e. The predicted octanol–water partition coefficient (Wildman–Crippen LogP) is 1.93. The van der Waals surface area contributed by atoms with Gasteiger partial charge >= 0.3 is 0 Å². The Balaban J connectivity index is 2.25. The second-order valence-corrected chi connectivity index (χ2v) is 5.55. The quantitative estimate of drug-likeness (QED) is 0.897. The van der Waals surface area contributed by atoms with Crippen molar-refractivity contribution in [2.75, 3.05) is 6.54 Å². The first-order valence-corrected chi connectivity index (χ1v) is 7.04. The molecule has 6 nitrogen and oxygen atoms in total. The normalized spacial score (nSPS) is 11.9. The Hall–Kier alpha value is -1.60. The van der Waals surface area contributed by atoms with E-state index in [9.17, 15) is 8.42 Å². The number of aromatic nitrogens is 1. The number of sulfonamides is 1. The fourth-order valence-electron chi connectivity index (χ4n) is 1.38. The number of furan rings is 1. The van der Waals surface area contributed by atoms with Crippen LogP contribution in [0.4, 0.5) is 0 Å². The summed E-state index contributed by atoms with van der Waals surface area (Å²) < 4.78 is 36.3. The van der Waals surface area contributed by atoms with Gasteiger partial charge in [-0.3, -0.25) is 0 Å². The molecule has 1 N–H and O–H groups in total. The molecule has 0 aliphatic heterocycles. The third kappa shape index (κ3) is 2.62. The molecule has 0 aromatic carbocycles. The molecule has 7 heteroatoms. The summed E-state index contributed by atoms with van der Waals surface area (Å²) in [6, 6.07) is 4.61.